The van der Waals surface area contributed by atoms with Crippen LogP contribution >= 0.6 is 12.4 Å². The molecular weight excluding hydrogens is 310 g/mol. The fraction of sp³-hybridized carbons (Fsp3) is 0.611. The largest absolute Gasteiger partial charge is 0.337 e. The Morgan fingerprint density at radius 2 is 1.87 bits per heavy atom. The molecule has 0 aromatic heterocycles. The van der Waals surface area contributed by atoms with Crippen LogP contribution in [0.1, 0.15) is 34.3 Å². The zero-order chi connectivity index (χ0) is 14.9. The summed E-state index contributed by atoms with van der Waals surface area (Å²) in [5.74, 6) is 0.229. The number of hydrogen-bond donors (Lipinski definition) is 1. The number of likely N-dealkylation sites (tertiary alicyclic amines) is 1. The third-order valence-corrected chi connectivity index (χ3v) is 5.46. The van der Waals surface area contributed by atoms with E-state index in [1.807, 2.05) is 6.07 Å². The van der Waals surface area contributed by atoms with Gasteiger partial charge in [-0.05, 0) is 48.9 Å². The Balaban J connectivity index is 0.00000156. The third kappa shape index (κ3) is 3.39. The SMILES string of the molecule is Cl.O=C(c1ccc2c(c1)CCC2)N1CCC(N2CCNCC2)C1. The Morgan fingerprint density at radius 1 is 1.09 bits per heavy atom. The Bertz CT molecular complexity index is 571. The number of carbonyl (C=O) groups is 1. The third-order valence-electron chi connectivity index (χ3n) is 5.46. The number of nitrogens with one attached hydrogen (secondary N) is 1. The number of aryl methyl sites for hydroxylation is 2. The van der Waals surface area contributed by atoms with E-state index in [0.717, 1.165) is 57.7 Å². The quantitative estimate of drug-likeness (QED) is 0.894. The first-order valence-corrected chi connectivity index (χ1v) is 8.67. The summed E-state index contributed by atoms with van der Waals surface area (Å²) in [5.41, 5.74) is 3.72. The number of carbonyl (C=O) groups excluding carboxylic acids is 1. The van der Waals surface area contributed by atoms with Crippen LogP contribution in [0.2, 0.25) is 0 Å². The minimum absolute atomic E-state index is 0. The Morgan fingerprint density at radius 3 is 2.70 bits per heavy atom. The van der Waals surface area contributed by atoms with Crippen molar-refractivity contribution in [2.45, 2.75) is 31.7 Å². The molecule has 2 saturated heterocycles. The van der Waals surface area contributed by atoms with E-state index >= 15 is 0 Å². The van der Waals surface area contributed by atoms with Gasteiger partial charge in [-0.2, -0.15) is 0 Å². The van der Waals surface area contributed by atoms with Crippen LogP contribution in [0.25, 0.3) is 0 Å². The molecule has 1 aromatic rings. The number of benzene rings is 1. The lowest BCUT2D eigenvalue weighted by atomic mass is 10.1. The number of rotatable bonds is 2. The van der Waals surface area contributed by atoms with Crippen molar-refractivity contribution in [2.75, 3.05) is 39.3 Å². The van der Waals surface area contributed by atoms with Crippen molar-refractivity contribution in [3.8, 4) is 0 Å². The molecule has 0 saturated carbocycles. The normalized spacial score (nSPS) is 24.3. The molecule has 4 rings (SSSR count). The summed E-state index contributed by atoms with van der Waals surface area (Å²) in [7, 11) is 0. The highest BCUT2D eigenvalue weighted by molar-refractivity contribution is 5.94. The van der Waals surface area contributed by atoms with Crippen molar-refractivity contribution in [2.24, 2.45) is 0 Å². The summed E-state index contributed by atoms with van der Waals surface area (Å²) in [6.45, 7) is 6.20. The summed E-state index contributed by atoms with van der Waals surface area (Å²) in [4.78, 5) is 17.4. The molecule has 1 aliphatic carbocycles. The van der Waals surface area contributed by atoms with Crippen molar-refractivity contribution in [1.82, 2.24) is 15.1 Å². The topological polar surface area (TPSA) is 35.6 Å². The highest BCUT2D eigenvalue weighted by Crippen LogP contribution is 2.25. The van der Waals surface area contributed by atoms with Gasteiger partial charge in [0.2, 0.25) is 0 Å². The van der Waals surface area contributed by atoms with E-state index in [0.29, 0.717) is 6.04 Å². The summed E-state index contributed by atoms with van der Waals surface area (Å²) >= 11 is 0. The van der Waals surface area contributed by atoms with Crippen LogP contribution in [0, 0.1) is 0 Å². The lowest BCUT2D eigenvalue weighted by Gasteiger charge is -2.32. The van der Waals surface area contributed by atoms with Gasteiger partial charge in [0.25, 0.3) is 5.91 Å². The van der Waals surface area contributed by atoms with Crippen LogP contribution in [0.3, 0.4) is 0 Å². The zero-order valence-corrected chi connectivity index (χ0v) is 14.4. The molecule has 1 aromatic carbocycles. The van der Waals surface area contributed by atoms with Crippen LogP contribution in [-0.4, -0.2) is 61.0 Å². The van der Waals surface area contributed by atoms with Crippen LogP contribution in [0.15, 0.2) is 18.2 Å². The smallest absolute Gasteiger partial charge is 0.253 e. The molecular formula is C18H26ClN3O. The highest BCUT2D eigenvalue weighted by Gasteiger charge is 2.31. The standard InChI is InChI=1S/C18H25N3O.ClH/c22-18(16-5-4-14-2-1-3-15(14)12-16)21-9-6-17(13-21)20-10-7-19-8-11-20;/h4-5,12,17,19H,1-3,6-11,13H2;1H. The molecule has 2 fully saturated rings. The van der Waals surface area contributed by atoms with Gasteiger partial charge in [0.1, 0.15) is 0 Å². The van der Waals surface area contributed by atoms with Crippen LogP contribution in [0.4, 0.5) is 0 Å². The van der Waals surface area contributed by atoms with E-state index in [2.05, 4.69) is 27.2 Å². The number of piperazine rings is 1. The maximum absolute atomic E-state index is 12.8. The maximum Gasteiger partial charge on any atom is 0.253 e. The van der Waals surface area contributed by atoms with Crippen molar-refractivity contribution in [1.29, 1.82) is 0 Å². The molecule has 5 heteroatoms. The van der Waals surface area contributed by atoms with Crippen molar-refractivity contribution < 1.29 is 4.79 Å². The maximum atomic E-state index is 12.8. The molecule has 23 heavy (non-hydrogen) atoms. The van der Waals surface area contributed by atoms with E-state index < -0.39 is 0 Å². The summed E-state index contributed by atoms with van der Waals surface area (Å²) in [6, 6.07) is 6.90. The molecule has 2 aliphatic heterocycles. The summed E-state index contributed by atoms with van der Waals surface area (Å²) in [5, 5.41) is 3.40. The molecule has 1 N–H and O–H groups in total. The number of hydrogen-bond acceptors (Lipinski definition) is 3. The van der Waals surface area contributed by atoms with Gasteiger partial charge in [-0.1, -0.05) is 6.07 Å². The molecule has 4 nitrogen and oxygen atoms in total. The number of amides is 1. The number of nitrogens with zero attached hydrogens (tertiary/aromatic N) is 2. The van der Waals surface area contributed by atoms with E-state index in [4.69, 9.17) is 0 Å². The predicted molar refractivity (Wildman–Crippen MR) is 94.5 cm³/mol. The Hall–Kier alpha value is -1.10. The van der Waals surface area contributed by atoms with Gasteiger partial charge in [-0.25, -0.2) is 0 Å². The fourth-order valence-electron chi connectivity index (χ4n) is 4.16. The second-order valence-electron chi connectivity index (χ2n) is 6.82. The Labute approximate surface area is 144 Å². The second kappa shape index (κ2) is 7.20. The molecule has 0 radical (unpaired) electrons. The van der Waals surface area contributed by atoms with E-state index in [-0.39, 0.29) is 18.3 Å². The van der Waals surface area contributed by atoms with Gasteiger partial charge in [0.05, 0.1) is 0 Å². The fourth-order valence-corrected chi connectivity index (χ4v) is 4.16. The first-order chi connectivity index (χ1) is 10.8. The minimum atomic E-state index is 0. The molecule has 0 bridgehead atoms. The molecule has 126 valence electrons. The first-order valence-electron chi connectivity index (χ1n) is 8.67. The first kappa shape index (κ1) is 16.7. The van der Waals surface area contributed by atoms with E-state index in [1.165, 1.54) is 24.0 Å². The predicted octanol–water partition coefficient (Wildman–Crippen LogP) is 1.72. The van der Waals surface area contributed by atoms with Crippen molar-refractivity contribution in [3.05, 3.63) is 34.9 Å². The lowest BCUT2D eigenvalue weighted by Crippen LogP contribution is -2.49. The average Bonchev–Trinajstić information content (AvgIpc) is 3.23. The van der Waals surface area contributed by atoms with Gasteiger partial charge in [0.15, 0.2) is 0 Å². The summed E-state index contributed by atoms with van der Waals surface area (Å²) < 4.78 is 0. The number of fused-ring (bicyclic) bond motifs is 1. The molecule has 0 spiro atoms. The monoisotopic (exact) mass is 335 g/mol. The summed E-state index contributed by atoms with van der Waals surface area (Å²) in [6.07, 6.45) is 4.68. The molecule has 1 unspecified atom stereocenters. The second-order valence-corrected chi connectivity index (χ2v) is 6.82. The van der Waals surface area contributed by atoms with Gasteiger partial charge in [0, 0.05) is 50.9 Å². The highest BCUT2D eigenvalue weighted by atomic mass is 35.5. The average molecular weight is 336 g/mol. The zero-order valence-electron chi connectivity index (χ0n) is 13.6. The van der Waals surface area contributed by atoms with Gasteiger partial charge in [-0.15, -0.1) is 12.4 Å². The minimum Gasteiger partial charge on any atom is -0.337 e. The lowest BCUT2D eigenvalue weighted by molar-refractivity contribution is 0.0773. The van der Waals surface area contributed by atoms with E-state index in [1.54, 1.807) is 0 Å². The van der Waals surface area contributed by atoms with Gasteiger partial charge in [-0.3, -0.25) is 9.69 Å². The van der Waals surface area contributed by atoms with E-state index in [9.17, 15) is 4.79 Å². The van der Waals surface area contributed by atoms with Crippen LogP contribution in [-0.2, 0) is 12.8 Å². The number of halogens is 1. The van der Waals surface area contributed by atoms with Crippen molar-refractivity contribution >= 4 is 18.3 Å². The van der Waals surface area contributed by atoms with Crippen LogP contribution < -0.4 is 5.32 Å². The molecule has 3 aliphatic rings. The Kier molecular flexibility index (Phi) is 5.24. The van der Waals surface area contributed by atoms with Gasteiger partial charge >= 0.3 is 0 Å². The molecule has 1 atom stereocenters. The van der Waals surface area contributed by atoms with Crippen molar-refractivity contribution in [3.63, 3.8) is 0 Å². The molecule has 1 amide bonds. The molecule has 2 heterocycles. The van der Waals surface area contributed by atoms with Gasteiger partial charge < -0.3 is 10.2 Å². The van der Waals surface area contributed by atoms with Crippen LogP contribution in [0.5, 0.6) is 0 Å².